The summed E-state index contributed by atoms with van der Waals surface area (Å²) in [5, 5.41) is 4.36. The number of hydrogen-bond acceptors (Lipinski definition) is 3. The molecule has 0 bridgehead atoms. The highest BCUT2D eigenvalue weighted by Gasteiger charge is 2.11. The van der Waals surface area contributed by atoms with Crippen LogP contribution in [0.4, 0.5) is 5.13 Å². The Morgan fingerprint density at radius 3 is 2.70 bits per heavy atom. The van der Waals surface area contributed by atoms with E-state index in [0.717, 1.165) is 4.70 Å². The summed E-state index contributed by atoms with van der Waals surface area (Å²) in [5.74, 6) is -0.248. The van der Waals surface area contributed by atoms with Crippen molar-refractivity contribution < 1.29 is 4.79 Å². The minimum Gasteiger partial charge on any atom is -0.298 e. The van der Waals surface area contributed by atoms with E-state index >= 15 is 0 Å². The van der Waals surface area contributed by atoms with Gasteiger partial charge in [0, 0.05) is 10.6 Å². The number of amides is 1. The van der Waals surface area contributed by atoms with Crippen molar-refractivity contribution in [1.29, 1.82) is 0 Å². The van der Waals surface area contributed by atoms with E-state index in [1.165, 1.54) is 11.3 Å². The fourth-order valence-electron chi connectivity index (χ4n) is 1.77. The van der Waals surface area contributed by atoms with Gasteiger partial charge >= 0.3 is 0 Å². The van der Waals surface area contributed by atoms with Crippen LogP contribution in [0.5, 0.6) is 0 Å². The molecule has 0 aliphatic rings. The summed E-state index contributed by atoms with van der Waals surface area (Å²) in [6, 6.07) is 12.3. The van der Waals surface area contributed by atoms with Gasteiger partial charge in [-0.15, -0.1) is 0 Å². The molecule has 100 valence electrons. The van der Waals surface area contributed by atoms with Gasteiger partial charge in [-0.2, -0.15) is 0 Å². The number of benzene rings is 2. The van der Waals surface area contributed by atoms with Crippen molar-refractivity contribution in [3.8, 4) is 0 Å². The Morgan fingerprint density at radius 1 is 1.15 bits per heavy atom. The number of aromatic nitrogens is 1. The third kappa shape index (κ3) is 2.63. The van der Waals surface area contributed by atoms with Crippen LogP contribution in [0.25, 0.3) is 10.2 Å². The zero-order valence-electron chi connectivity index (χ0n) is 10.1. The number of halogens is 2. The minimum atomic E-state index is -0.248. The van der Waals surface area contributed by atoms with Crippen LogP contribution in [0.2, 0.25) is 10.0 Å². The summed E-state index contributed by atoms with van der Waals surface area (Å²) in [6.07, 6.45) is 0. The molecule has 1 heterocycles. The normalized spacial score (nSPS) is 10.7. The summed E-state index contributed by atoms with van der Waals surface area (Å²) in [5.41, 5.74) is 1.18. The maximum Gasteiger partial charge on any atom is 0.257 e. The number of thiazole rings is 1. The second-order valence-corrected chi connectivity index (χ2v) is 5.94. The highest BCUT2D eigenvalue weighted by molar-refractivity contribution is 7.22. The third-order valence-electron chi connectivity index (χ3n) is 2.68. The molecule has 0 unspecified atom stereocenters. The lowest BCUT2D eigenvalue weighted by Gasteiger charge is -2.01. The summed E-state index contributed by atoms with van der Waals surface area (Å²) in [6.45, 7) is 0. The first-order chi connectivity index (χ1) is 9.63. The topological polar surface area (TPSA) is 42.0 Å². The molecule has 0 fully saturated rings. The van der Waals surface area contributed by atoms with Crippen LogP contribution in [0.1, 0.15) is 10.4 Å². The number of hydrogen-bond donors (Lipinski definition) is 1. The quantitative estimate of drug-likeness (QED) is 0.732. The monoisotopic (exact) mass is 322 g/mol. The fourth-order valence-corrected chi connectivity index (χ4v) is 3.12. The highest BCUT2D eigenvalue weighted by Crippen LogP contribution is 2.30. The first-order valence-corrected chi connectivity index (χ1v) is 7.33. The van der Waals surface area contributed by atoms with Gasteiger partial charge in [-0.05, 0) is 30.3 Å². The van der Waals surface area contributed by atoms with Crippen molar-refractivity contribution in [2.45, 2.75) is 0 Å². The molecule has 2 aromatic carbocycles. The predicted octanol–water partition coefficient (Wildman–Crippen LogP) is 4.86. The molecule has 0 spiro atoms. The molecule has 0 radical (unpaired) electrons. The molecule has 3 nitrogen and oxygen atoms in total. The van der Waals surface area contributed by atoms with Gasteiger partial charge in [0.2, 0.25) is 0 Å². The molecular formula is C14H8Cl2N2OS. The number of nitrogens with one attached hydrogen (secondary N) is 1. The van der Waals surface area contributed by atoms with E-state index in [1.54, 1.807) is 30.3 Å². The second kappa shape index (κ2) is 5.40. The molecule has 0 atom stereocenters. The van der Waals surface area contributed by atoms with Gasteiger partial charge in [-0.1, -0.05) is 46.7 Å². The summed E-state index contributed by atoms with van der Waals surface area (Å²) in [7, 11) is 0. The molecule has 1 aromatic heterocycles. The molecule has 0 aliphatic heterocycles. The summed E-state index contributed by atoms with van der Waals surface area (Å²) in [4.78, 5) is 16.4. The van der Waals surface area contributed by atoms with Crippen LogP contribution < -0.4 is 5.32 Å². The van der Waals surface area contributed by atoms with Gasteiger partial charge in [0.15, 0.2) is 5.13 Å². The zero-order valence-corrected chi connectivity index (χ0v) is 12.4. The van der Waals surface area contributed by atoms with Crippen LogP contribution in [-0.2, 0) is 0 Å². The van der Waals surface area contributed by atoms with E-state index < -0.39 is 0 Å². The number of fused-ring (bicyclic) bond motifs is 1. The number of anilines is 1. The summed E-state index contributed by atoms with van der Waals surface area (Å²) < 4.78 is 0.930. The lowest BCUT2D eigenvalue weighted by molar-refractivity contribution is 0.102. The predicted molar refractivity (Wildman–Crippen MR) is 84.0 cm³/mol. The standard InChI is InChI=1S/C14H8Cl2N2OS/c15-9-4-1-3-8(7-9)13(19)18-14-17-12-10(16)5-2-6-11(12)20-14/h1-7H,(H,17,18,19). The number of para-hydroxylation sites is 1. The first-order valence-electron chi connectivity index (χ1n) is 5.75. The van der Waals surface area contributed by atoms with E-state index in [-0.39, 0.29) is 5.91 Å². The lowest BCUT2D eigenvalue weighted by atomic mass is 10.2. The Kier molecular flexibility index (Phi) is 3.61. The Morgan fingerprint density at radius 2 is 1.95 bits per heavy atom. The van der Waals surface area contributed by atoms with Crippen molar-refractivity contribution in [3.63, 3.8) is 0 Å². The molecule has 0 saturated carbocycles. The van der Waals surface area contributed by atoms with Gasteiger partial charge in [0.05, 0.1) is 9.72 Å². The van der Waals surface area contributed by atoms with E-state index in [0.29, 0.717) is 26.3 Å². The van der Waals surface area contributed by atoms with Gasteiger partial charge in [-0.25, -0.2) is 4.98 Å². The first kappa shape index (κ1) is 13.4. The maximum atomic E-state index is 12.1. The van der Waals surface area contributed by atoms with Crippen LogP contribution in [0.15, 0.2) is 42.5 Å². The third-order valence-corrected chi connectivity index (χ3v) is 4.15. The number of nitrogens with zero attached hydrogens (tertiary/aromatic N) is 1. The van der Waals surface area contributed by atoms with E-state index in [9.17, 15) is 4.79 Å². The molecule has 3 rings (SSSR count). The van der Waals surface area contributed by atoms with Gasteiger partial charge in [0.1, 0.15) is 5.52 Å². The maximum absolute atomic E-state index is 12.1. The number of carbonyl (C=O) groups is 1. The smallest absolute Gasteiger partial charge is 0.257 e. The van der Waals surface area contributed by atoms with Crippen molar-refractivity contribution in [2.75, 3.05) is 5.32 Å². The number of rotatable bonds is 2. The van der Waals surface area contributed by atoms with Crippen LogP contribution in [0.3, 0.4) is 0 Å². The molecule has 1 N–H and O–H groups in total. The molecule has 6 heteroatoms. The van der Waals surface area contributed by atoms with Gasteiger partial charge in [-0.3, -0.25) is 10.1 Å². The zero-order chi connectivity index (χ0) is 14.1. The molecule has 1 amide bonds. The lowest BCUT2D eigenvalue weighted by Crippen LogP contribution is -2.11. The van der Waals surface area contributed by atoms with Crippen molar-refractivity contribution in [1.82, 2.24) is 4.98 Å². The Labute approximate surface area is 129 Å². The van der Waals surface area contributed by atoms with Crippen molar-refractivity contribution in [2.24, 2.45) is 0 Å². The largest absolute Gasteiger partial charge is 0.298 e. The average Bonchev–Trinajstić information content (AvgIpc) is 2.83. The van der Waals surface area contributed by atoms with Crippen LogP contribution >= 0.6 is 34.5 Å². The van der Waals surface area contributed by atoms with E-state index in [2.05, 4.69) is 10.3 Å². The number of carbonyl (C=O) groups excluding carboxylic acids is 1. The van der Waals surface area contributed by atoms with Gasteiger partial charge < -0.3 is 0 Å². The summed E-state index contributed by atoms with van der Waals surface area (Å²) >= 11 is 13.3. The molecule has 3 aromatic rings. The van der Waals surface area contributed by atoms with Crippen LogP contribution in [-0.4, -0.2) is 10.9 Å². The van der Waals surface area contributed by atoms with E-state index in [4.69, 9.17) is 23.2 Å². The van der Waals surface area contributed by atoms with Crippen molar-refractivity contribution in [3.05, 3.63) is 58.1 Å². The molecule has 0 aliphatic carbocycles. The Balaban J connectivity index is 1.89. The SMILES string of the molecule is O=C(Nc1nc2c(Cl)cccc2s1)c1cccc(Cl)c1. The molecular weight excluding hydrogens is 315 g/mol. The highest BCUT2D eigenvalue weighted by atomic mass is 35.5. The fraction of sp³-hybridized carbons (Fsp3) is 0. The van der Waals surface area contributed by atoms with Gasteiger partial charge in [0.25, 0.3) is 5.91 Å². The average molecular weight is 323 g/mol. The Bertz CT molecular complexity index is 801. The second-order valence-electron chi connectivity index (χ2n) is 4.07. The molecule has 0 saturated heterocycles. The van der Waals surface area contributed by atoms with Crippen molar-refractivity contribution >= 4 is 55.8 Å². The Hall–Kier alpha value is -1.62. The molecule has 20 heavy (non-hydrogen) atoms. The minimum absolute atomic E-state index is 0.248. The van der Waals surface area contributed by atoms with E-state index in [1.807, 2.05) is 12.1 Å². The van der Waals surface area contributed by atoms with Crippen LogP contribution in [0, 0.1) is 0 Å².